The topological polar surface area (TPSA) is 71.7 Å². The fourth-order valence-corrected chi connectivity index (χ4v) is 7.30. The molecule has 2 aromatic carbocycles. The van der Waals surface area contributed by atoms with Crippen LogP contribution in [0.1, 0.15) is 55.7 Å². The van der Waals surface area contributed by atoms with Crippen LogP contribution in [0.15, 0.2) is 59.5 Å². The first-order valence-corrected chi connectivity index (χ1v) is 15.2. The van der Waals surface area contributed by atoms with Crippen LogP contribution in [0.4, 0.5) is 18.0 Å². The average molecular weight is 594 g/mol. The summed E-state index contributed by atoms with van der Waals surface area (Å²) >= 11 is 0. The summed E-state index contributed by atoms with van der Waals surface area (Å²) in [5.74, 6) is -1.43. The molecule has 2 atom stereocenters. The Balaban J connectivity index is 1.21. The first kappa shape index (κ1) is 29.4. The SMILES string of the molecule is CNC1CCN(C(=O)N2CCN(Cc3c[nH]c(-c4ccccc4F)cc3=O)C3(CCCC3)C2)C(c2cc(F)ccc2F)C1. The number of halogens is 3. The maximum Gasteiger partial charge on any atom is 0.320 e. The number of hydrogen-bond donors (Lipinski definition) is 2. The number of piperazine rings is 1. The number of rotatable bonds is 5. The van der Waals surface area contributed by atoms with Gasteiger partial charge in [-0.05, 0) is 63.1 Å². The smallest absolute Gasteiger partial charge is 0.320 e. The van der Waals surface area contributed by atoms with Crippen molar-refractivity contribution in [2.75, 3.05) is 33.2 Å². The molecule has 228 valence electrons. The fourth-order valence-electron chi connectivity index (χ4n) is 7.30. The molecule has 1 spiro atoms. The van der Waals surface area contributed by atoms with Crippen LogP contribution < -0.4 is 10.7 Å². The Morgan fingerprint density at radius 2 is 1.81 bits per heavy atom. The summed E-state index contributed by atoms with van der Waals surface area (Å²) in [7, 11) is 1.85. The zero-order chi connectivity index (χ0) is 30.1. The van der Waals surface area contributed by atoms with Crippen molar-refractivity contribution >= 4 is 6.03 Å². The third-order valence-corrected chi connectivity index (χ3v) is 9.69. The molecule has 1 aromatic heterocycles. The molecular formula is C33H38F3N5O2. The van der Waals surface area contributed by atoms with Gasteiger partial charge in [0.2, 0.25) is 0 Å². The monoisotopic (exact) mass is 593 g/mol. The normalized spacial score (nSPS) is 22.3. The summed E-state index contributed by atoms with van der Waals surface area (Å²) in [6.07, 6.45) is 6.79. The number of carbonyl (C=O) groups excluding carboxylic acids is 1. The molecule has 2 unspecified atom stereocenters. The van der Waals surface area contributed by atoms with E-state index in [1.807, 2.05) is 11.9 Å². The van der Waals surface area contributed by atoms with Gasteiger partial charge in [-0.2, -0.15) is 0 Å². The quantitative estimate of drug-likeness (QED) is 0.414. The highest BCUT2D eigenvalue weighted by atomic mass is 19.1. The average Bonchev–Trinajstić information content (AvgIpc) is 3.48. The van der Waals surface area contributed by atoms with Gasteiger partial charge in [-0.25, -0.2) is 18.0 Å². The first-order chi connectivity index (χ1) is 20.8. The van der Waals surface area contributed by atoms with Crippen LogP contribution in [0.5, 0.6) is 0 Å². The van der Waals surface area contributed by atoms with Crippen molar-refractivity contribution in [3.63, 3.8) is 0 Å². The van der Waals surface area contributed by atoms with Crippen LogP contribution in [-0.4, -0.2) is 70.5 Å². The summed E-state index contributed by atoms with van der Waals surface area (Å²) < 4.78 is 43.5. The van der Waals surface area contributed by atoms with E-state index < -0.39 is 23.5 Å². The molecule has 3 heterocycles. The summed E-state index contributed by atoms with van der Waals surface area (Å²) in [5, 5.41) is 3.24. The van der Waals surface area contributed by atoms with Crippen molar-refractivity contribution in [2.24, 2.45) is 0 Å². The Labute approximate surface area is 249 Å². The van der Waals surface area contributed by atoms with E-state index in [-0.39, 0.29) is 28.6 Å². The standard InChI is InChI=1S/C33H38F3N5O2/c1-37-24-10-13-41(30(17-24)26-16-23(34)8-9-28(26)36)32(43)39-14-15-40(33(21-39)11-4-5-12-33)20-22-19-38-29(18-31(22)42)25-6-2-3-7-27(25)35/h2-3,6-9,16,18-19,24,30,37H,4-5,10-15,17,20-21H2,1H3,(H,38,42). The van der Waals surface area contributed by atoms with Gasteiger partial charge in [-0.15, -0.1) is 0 Å². The van der Waals surface area contributed by atoms with E-state index in [4.69, 9.17) is 0 Å². The van der Waals surface area contributed by atoms with E-state index in [2.05, 4.69) is 15.2 Å². The van der Waals surface area contributed by atoms with Gasteiger partial charge >= 0.3 is 6.03 Å². The van der Waals surface area contributed by atoms with Gasteiger partial charge in [0.15, 0.2) is 5.43 Å². The second-order valence-electron chi connectivity index (χ2n) is 12.2. The third kappa shape index (κ3) is 5.82. The number of urea groups is 1. The molecule has 3 fully saturated rings. The molecular weight excluding hydrogens is 555 g/mol. The lowest BCUT2D eigenvalue weighted by Crippen LogP contribution is -2.64. The zero-order valence-electron chi connectivity index (χ0n) is 24.4. The molecule has 1 aliphatic carbocycles. The van der Waals surface area contributed by atoms with E-state index in [0.717, 1.165) is 44.2 Å². The number of aromatic nitrogens is 1. The molecule has 3 aliphatic rings. The number of benzene rings is 2. The van der Waals surface area contributed by atoms with Gasteiger partial charge in [0.1, 0.15) is 17.5 Å². The highest BCUT2D eigenvalue weighted by Crippen LogP contribution is 2.40. The third-order valence-electron chi connectivity index (χ3n) is 9.69. The van der Waals surface area contributed by atoms with Gasteiger partial charge in [-0.1, -0.05) is 25.0 Å². The van der Waals surface area contributed by atoms with E-state index in [1.165, 1.54) is 18.2 Å². The number of nitrogens with zero attached hydrogens (tertiary/aromatic N) is 3. The molecule has 10 heteroatoms. The van der Waals surface area contributed by atoms with Crippen molar-refractivity contribution in [3.05, 3.63) is 93.5 Å². The summed E-state index contributed by atoms with van der Waals surface area (Å²) in [5.41, 5.74) is 1.16. The number of H-pyrrole nitrogens is 1. The molecule has 2 saturated heterocycles. The zero-order valence-corrected chi connectivity index (χ0v) is 24.4. The number of nitrogens with one attached hydrogen (secondary N) is 2. The van der Waals surface area contributed by atoms with E-state index in [9.17, 15) is 22.8 Å². The highest BCUT2D eigenvalue weighted by molar-refractivity contribution is 5.75. The minimum atomic E-state index is -0.571. The molecule has 2 N–H and O–H groups in total. The fraction of sp³-hybridized carbons (Fsp3) is 0.455. The number of hydrogen-bond acceptors (Lipinski definition) is 4. The minimum absolute atomic E-state index is 0.0950. The predicted octanol–water partition coefficient (Wildman–Crippen LogP) is 5.43. The number of amides is 2. The first-order valence-electron chi connectivity index (χ1n) is 15.2. The summed E-state index contributed by atoms with van der Waals surface area (Å²) in [6, 6.07) is 10.6. The van der Waals surface area contributed by atoms with Crippen molar-refractivity contribution in [1.82, 2.24) is 25.0 Å². The molecule has 1 saturated carbocycles. The Bertz CT molecular complexity index is 1540. The second kappa shape index (κ2) is 12.2. The van der Waals surface area contributed by atoms with Gasteiger partial charge < -0.3 is 20.1 Å². The number of pyridine rings is 1. The van der Waals surface area contributed by atoms with E-state index >= 15 is 0 Å². The molecule has 7 nitrogen and oxygen atoms in total. The number of likely N-dealkylation sites (tertiary alicyclic amines) is 1. The van der Waals surface area contributed by atoms with Gasteiger partial charge in [0, 0.05) is 73.3 Å². The largest absolute Gasteiger partial charge is 0.361 e. The van der Waals surface area contributed by atoms with Crippen LogP contribution >= 0.6 is 0 Å². The minimum Gasteiger partial charge on any atom is -0.361 e. The van der Waals surface area contributed by atoms with Crippen LogP contribution in [0, 0.1) is 17.5 Å². The van der Waals surface area contributed by atoms with E-state index in [1.54, 1.807) is 29.3 Å². The van der Waals surface area contributed by atoms with Gasteiger partial charge in [0.25, 0.3) is 0 Å². The number of piperidine rings is 1. The molecule has 6 rings (SSSR count). The molecule has 2 aliphatic heterocycles. The summed E-state index contributed by atoms with van der Waals surface area (Å²) in [4.78, 5) is 36.3. The van der Waals surface area contributed by atoms with Crippen molar-refractivity contribution in [3.8, 4) is 11.3 Å². The lowest BCUT2D eigenvalue weighted by Gasteiger charge is -2.51. The maximum absolute atomic E-state index is 14.9. The van der Waals surface area contributed by atoms with Crippen molar-refractivity contribution in [1.29, 1.82) is 0 Å². The Morgan fingerprint density at radius 3 is 2.56 bits per heavy atom. The Morgan fingerprint density at radius 1 is 1.02 bits per heavy atom. The van der Waals surface area contributed by atoms with Crippen LogP contribution in [0.25, 0.3) is 11.3 Å². The molecule has 2 amide bonds. The lowest BCUT2D eigenvalue weighted by molar-refractivity contribution is -0.00238. The highest BCUT2D eigenvalue weighted by Gasteiger charge is 2.46. The number of aromatic amines is 1. The number of carbonyl (C=O) groups is 1. The maximum atomic E-state index is 14.9. The van der Waals surface area contributed by atoms with Crippen LogP contribution in [-0.2, 0) is 6.54 Å². The predicted molar refractivity (Wildman–Crippen MR) is 159 cm³/mol. The van der Waals surface area contributed by atoms with Gasteiger partial charge in [0.05, 0.1) is 11.7 Å². The Kier molecular flexibility index (Phi) is 8.33. The van der Waals surface area contributed by atoms with E-state index in [0.29, 0.717) is 56.0 Å². The van der Waals surface area contributed by atoms with Crippen molar-refractivity contribution < 1.29 is 18.0 Å². The molecule has 0 radical (unpaired) electrons. The van der Waals surface area contributed by atoms with Crippen LogP contribution in [0.3, 0.4) is 0 Å². The lowest BCUT2D eigenvalue weighted by atomic mass is 9.90. The molecule has 3 aromatic rings. The van der Waals surface area contributed by atoms with Gasteiger partial charge in [-0.3, -0.25) is 9.69 Å². The second-order valence-corrected chi connectivity index (χ2v) is 12.2. The molecule has 43 heavy (non-hydrogen) atoms. The Hall–Kier alpha value is -3.63. The summed E-state index contributed by atoms with van der Waals surface area (Å²) in [6.45, 7) is 2.45. The van der Waals surface area contributed by atoms with Crippen LogP contribution in [0.2, 0.25) is 0 Å². The molecule has 0 bridgehead atoms. The van der Waals surface area contributed by atoms with Crippen molar-refractivity contribution in [2.45, 2.75) is 62.7 Å².